The first kappa shape index (κ1) is 106. The highest BCUT2D eigenvalue weighted by molar-refractivity contribution is 5.76. The Bertz CT molecular complexity index is 8.00. The van der Waals surface area contributed by atoms with Gasteiger partial charge in [-0.2, -0.15) is 0 Å². The largest absolute Gasteiger partial charge is 0.187 e. The van der Waals surface area contributed by atoms with Gasteiger partial charge in [0.15, 0.2) is 17.4 Å². The van der Waals surface area contributed by atoms with Crippen LogP contribution in [0.4, 0.5) is 0 Å². The van der Waals surface area contributed by atoms with Gasteiger partial charge in [0.1, 0.15) is 0 Å². The third-order valence-corrected chi connectivity index (χ3v) is 0. The third kappa shape index (κ3) is 14.0. The molecule has 0 saturated carbocycles. The molecule has 0 aromatic carbocycles. The zero-order valence-electron chi connectivity index (χ0n) is 0.577. The van der Waals surface area contributed by atoms with E-state index in [1.807, 2.05) is 0 Å². The number of hydrogen-bond acceptors (Lipinski definition) is 0. The van der Waals surface area contributed by atoms with E-state index in [0.29, 0.717) is 0 Å². The molecular weight excluding hydrogens is 77.9 g/mol. The van der Waals surface area contributed by atoms with Gasteiger partial charge in [-0.1, -0.05) is 7.43 Å². The molecule has 3 heteroatoms. The minimum atomic E-state index is 0. The van der Waals surface area contributed by atoms with Crippen molar-refractivity contribution in [2.45, 2.75) is 7.43 Å². The lowest BCUT2D eigenvalue weighted by Gasteiger charge is -0.0776. The SMILES string of the molecule is C.[AlH3].[B].[SiH4]. The summed E-state index contributed by atoms with van der Waals surface area (Å²) in [5.74, 6) is 0. The van der Waals surface area contributed by atoms with Crippen LogP contribution in [0.15, 0.2) is 0 Å². The Morgan fingerprint density at radius 1 is 1.00 bits per heavy atom. The fourth-order valence-electron chi connectivity index (χ4n) is 0. The molecule has 4 heavy (non-hydrogen) atoms. The van der Waals surface area contributed by atoms with Crippen LogP contribution < -0.4 is 0 Å². The average Bonchev–Trinajstić information content (AvgIpc) is 0. The van der Waals surface area contributed by atoms with E-state index in [1.165, 1.54) is 0 Å². The predicted molar refractivity (Wildman–Crippen MR) is 33.8 cm³/mol. The van der Waals surface area contributed by atoms with Gasteiger partial charge in [0.25, 0.3) is 0 Å². The molecule has 0 aliphatic heterocycles. The monoisotopic (exact) mass is 89.1 g/mol. The molecule has 0 aliphatic carbocycles. The lowest BCUT2D eigenvalue weighted by molar-refractivity contribution is 2.50. The highest BCUT2D eigenvalue weighted by atomic mass is 28.1. The Balaban J connectivity index is 0. The second-order valence-electron chi connectivity index (χ2n) is 0. The van der Waals surface area contributed by atoms with E-state index in [4.69, 9.17) is 0 Å². The van der Waals surface area contributed by atoms with E-state index >= 15 is 0 Å². The molecule has 0 N–H and O–H groups in total. The van der Waals surface area contributed by atoms with Gasteiger partial charge in [-0.3, -0.25) is 0 Å². The molecule has 0 heterocycles. The van der Waals surface area contributed by atoms with Gasteiger partial charge in [0.2, 0.25) is 0 Å². The van der Waals surface area contributed by atoms with Crippen LogP contribution in [0.1, 0.15) is 7.43 Å². The van der Waals surface area contributed by atoms with Crippen molar-refractivity contribution in [2.75, 3.05) is 0 Å². The number of rotatable bonds is 0. The molecule has 0 aromatic rings. The topological polar surface area (TPSA) is 0 Å². The fourth-order valence-corrected chi connectivity index (χ4v) is 0. The highest BCUT2D eigenvalue weighted by Gasteiger charge is 0.187. The molecule has 0 atom stereocenters. The standard InChI is InChI=1S/CH4.Al.B.H4Si.3H/h1H4;;;1H4;;;. The molecule has 0 unspecified atom stereocenters. The minimum absolute atomic E-state index is 0. The summed E-state index contributed by atoms with van der Waals surface area (Å²) in [6.45, 7) is 0. The molecule has 0 nitrogen and oxygen atoms in total. The van der Waals surface area contributed by atoms with E-state index in [9.17, 15) is 0 Å². The van der Waals surface area contributed by atoms with Crippen LogP contribution in [0, 0.1) is 0 Å². The fraction of sp³-hybridized carbons (Fsp3) is 1.00. The molecule has 0 fully saturated rings. The summed E-state index contributed by atoms with van der Waals surface area (Å²) in [6, 6.07) is 0. The van der Waals surface area contributed by atoms with Crippen LogP contribution in [0.25, 0.3) is 0 Å². The quantitative estimate of drug-likeness (QED) is 0.291. The first-order valence-corrected chi connectivity index (χ1v) is 0. The Hall–Kier alpha value is 0.814. The molecule has 0 amide bonds. The van der Waals surface area contributed by atoms with Gasteiger partial charge in [-0.05, 0) is 11.0 Å². The van der Waals surface area contributed by atoms with Gasteiger partial charge in [-0.25, -0.2) is 0 Å². The maximum absolute atomic E-state index is 0. The average molecular weight is 89.0 g/mol. The van der Waals surface area contributed by atoms with Gasteiger partial charge in [0.05, 0.1) is 0 Å². The summed E-state index contributed by atoms with van der Waals surface area (Å²) >= 11 is 0. The highest BCUT2D eigenvalue weighted by Crippen LogP contribution is 0.144. The lowest BCUT2D eigenvalue weighted by atomic mass is 10.8. The molecule has 0 rings (SSSR count). The minimum Gasteiger partial charge on any atom is -0.0776 e. The summed E-state index contributed by atoms with van der Waals surface area (Å²) in [5.41, 5.74) is 0. The van der Waals surface area contributed by atoms with E-state index in [0.717, 1.165) is 0 Å². The van der Waals surface area contributed by atoms with Crippen molar-refractivity contribution in [1.82, 2.24) is 0 Å². The van der Waals surface area contributed by atoms with Gasteiger partial charge >= 0.3 is 0 Å². The molecular formula is CH11AlBSi. The molecule has 3 radical (unpaired) electrons. The first-order valence-electron chi connectivity index (χ1n) is 0. The van der Waals surface area contributed by atoms with Crippen molar-refractivity contribution in [3.05, 3.63) is 0 Å². The molecule has 0 saturated heterocycles. The zero-order chi connectivity index (χ0) is 0. The smallest absolute Gasteiger partial charge is 0.0776 e. The van der Waals surface area contributed by atoms with Crippen LogP contribution in [-0.2, 0) is 0 Å². The van der Waals surface area contributed by atoms with Gasteiger partial charge in [-0.15, -0.1) is 0 Å². The van der Waals surface area contributed by atoms with Crippen LogP contribution >= 0.6 is 0 Å². The number of hydrogen-bond donors (Lipinski definition) is 0. The van der Waals surface area contributed by atoms with E-state index in [1.54, 1.807) is 0 Å². The molecule has 0 bridgehead atoms. The summed E-state index contributed by atoms with van der Waals surface area (Å²) in [5, 5.41) is 0. The zero-order valence-corrected chi connectivity index (χ0v) is 0.577. The van der Waals surface area contributed by atoms with E-state index < -0.39 is 0 Å². The molecule has 25 valence electrons. The third-order valence-electron chi connectivity index (χ3n) is 0. The summed E-state index contributed by atoms with van der Waals surface area (Å²) in [6.07, 6.45) is 0. The second kappa shape index (κ2) is 45.6. The van der Waals surface area contributed by atoms with Crippen molar-refractivity contribution >= 4 is 36.7 Å². The van der Waals surface area contributed by atoms with Gasteiger partial charge in [0, 0.05) is 8.41 Å². The maximum Gasteiger partial charge on any atom is 0.187 e. The van der Waals surface area contributed by atoms with Crippen LogP contribution in [0.3, 0.4) is 0 Å². The van der Waals surface area contributed by atoms with Crippen LogP contribution in [0.2, 0.25) is 0 Å². The Morgan fingerprint density at radius 2 is 1.00 bits per heavy atom. The molecule has 0 spiro atoms. The van der Waals surface area contributed by atoms with Crippen molar-refractivity contribution in [3.8, 4) is 0 Å². The van der Waals surface area contributed by atoms with E-state index in [-0.39, 0.29) is 44.2 Å². The normalized spacial score (nSPS) is 0. The summed E-state index contributed by atoms with van der Waals surface area (Å²) in [4.78, 5) is 0. The maximum atomic E-state index is 0. The lowest BCUT2D eigenvalue weighted by Crippen LogP contribution is -0.382. The van der Waals surface area contributed by atoms with Gasteiger partial charge < -0.3 is 0 Å². The van der Waals surface area contributed by atoms with Crippen molar-refractivity contribution < 1.29 is 0 Å². The van der Waals surface area contributed by atoms with Crippen LogP contribution in [0.5, 0.6) is 0 Å². The van der Waals surface area contributed by atoms with Crippen LogP contribution in [-0.4, -0.2) is 36.7 Å². The molecule has 0 aromatic heterocycles. The Morgan fingerprint density at radius 3 is 1.00 bits per heavy atom. The van der Waals surface area contributed by atoms with Crippen molar-refractivity contribution in [2.24, 2.45) is 0 Å². The first-order chi connectivity index (χ1) is 0. The Labute approximate surface area is 44.7 Å². The van der Waals surface area contributed by atoms with Crippen molar-refractivity contribution in [3.63, 3.8) is 0 Å². The Kier molecular flexibility index (Phi) is 1200. The second-order valence-corrected chi connectivity index (χ2v) is 0. The summed E-state index contributed by atoms with van der Waals surface area (Å²) < 4.78 is 0. The predicted octanol–water partition coefficient (Wildman–Crippen LogP) is -2.38. The molecule has 0 aliphatic rings. The van der Waals surface area contributed by atoms with Crippen molar-refractivity contribution in [1.29, 1.82) is 0 Å². The summed E-state index contributed by atoms with van der Waals surface area (Å²) in [7, 11) is 0. The van der Waals surface area contributed by atoms with E-state index in [2.05, 4.69) is 0 Å².